The molecule has 0 spiro atoms. The van der Waals surface area contributed by atoms with Crippen LogP contribution < -0.4 is 4.74 Å². The van der Waals surface area contributed by atoms with E-state index in [1.54, 1.807) is 6.07 Å². The maximum absolute atomic E-state index is 11.1. The maximum Gasteiger partial charge on any atom is 0.339 e. The number of benzene rings is 1. The van der Waals surface area contributed by atoms with E-state index < -0.39 is 5.97 Å². The van der Waals surface area contributed by atoms with Gasteiger partial charge >= 0.3 is 5.97 Å². The molecule has 0 saturated carbocycles. The Kier molecular flexibility index (Phi) is 3.91. The molecule has 0 atom stereocenters. The summed E-state index contributed by atoms with van der Waals surface area (Å²) >= 11 is 2.00. The summed E-state index contributed by atoms with van der Waals surface area (Å²) in [7, 11) is 0. The predicted octanol–water partition coefficient (Wildman–Crippen LogP) is 2.44. The van der Waals surface area contributed by atoms with Gasteiger partial charge in [0.25, 0.3) is 5.88 Å². The Morgan fingerprint density at radius 1 is 1.42 bits per heavy atom. The number of rotatable bonds is 3. The number of nitriles is 1. The van der Waals surface area contributed by atoms with Crippen molar-refractivity contribution in [1.82, 2.24) is 10.2 Å². The molecule has 0 saturated heterocycles. The van der Waals surface area contributed by atoms with Gasteiger partial charge in [-0.15, -0.1) is 5.10 Å². The summed E-state index contributed by atoms with van der Waals surface area (Å²) in [5.74, 6) is -1.02. The van der Waals surface area contributed by atoms with Crippen LogP contribution in [0.5, 0.6) is 11.6 Å². The number of nitrogens with zero attached hydrogens (tertiary/aromatic N) is 3. The van der Waals surface area contributed by atoms with Crippen molar-refractivity contribution < 1.29 is 14.6 Å². The van der Waals surface area contributed by atoms with Crippen molar-refractivity contribution in [2.24, 2.45) is 0 Å². The number of aromatic nitrogens is 2. The first-order valence-electron chi connectivity index (χ1n) is 5.04. The van der Waals surface area contributed by atoms with Gasteiger partial charge in [0.05, 0.1) is 6.20 Å². The van der Waals surface area contributed by atoms with Crippen LogP contribution in [0.15, 0.2) is 30.5 Å². The quantitative estimate of drug-likeness (QED) is 0.838. The highest BCUT2D eigenvalue weighted by Crippen LogP contribution is 2.27. The summed E-state index contributed by atoms with van der Waals surface area (Å²) < 4.78 is 6.13. The number of hydrogen-bond donors (Lipinski definition) is 1. The third-order valence-corrected chi connectivity index (χ3v) is 2.86. The van der Waals surface area contributed by atoms with E-state index in [1.807, 2.05) is 28.7 Å². The van der Waals surface area contributed by atoms with Gasteiger partial charge < -0.3 is 9.84 Å². The van der Waals surface area contributed by atoms with Crippen LogP contribution in [0.2, 0.25) is 0 Å². The van der Waals surface area contributed by atoms with Gasteiger partial charge in [-0.3, -0.25) is 0 Å². The summed E-state index contributed by atoms with van der Waals surface area (Å²) in [5.41, 5.74) is 0.186. The van der Waals surface area contributed by atoms with Crippen LogP contribution in [0.1, 0.15) is 15.9 Å². The Labute approximate surface area is 121 Å². The van der Waals surface area contributed by atoms with Gasteiger partial charge in [0, 0.05) is 3.57 Å². The number of ether oxygens (including phenoxy) is 1. The monoisotopic (exact) mass is 367 g/mol. The molecular weight excluding hydrogens is 361 g/mol. The largest absolute Gasteiger partial charge is 0.478 e. The topological polar surface area (TPSA) is 96.1 Å². The number of carbonyl (C=O) groups is 1. The summed E-state index contributed by atoms with van der Waals surface area (Å²) in [6.07, 6.45) is 1.36. The van der Waals surface area contributed by atoms with Gasteiger partial charge in [-0.1, -0.05) is 0 Å². The van der Waals surface area contributed by atoms with E-state index >= 15 is 0 Å². The van der Waals surface area contributed by atoms with Crippen molar-refractivity contribution >= 4 is 28.6 Å². The predicted molar refractivity (Wildman–Crippen MR) is 72.9 cm³/mol. The number of hydrogen-bond acceptors (Lipinski definition) is 5. The molecular formula is C12H6IN3O3. The van der Waals surface area contributed by atoms with Crippen LogP contribution >= 0.6 is 22.6 Å². The molecule has 0 fully saturated rings. The van der Waals surface area contributed by atoms with Crippen LogP contribution in [-0.4, -0.2) is 21.3 Å². The molecule has 2 aromatic rings. The van der Waals surface area contributed by atoms with Gasteiger partial charge in [0.15, 0.2) is 0 Å². The molecule has 1 aromatic carbocycles. The summed E-state index contributed by atoms with van der Waals surface area (Å²) in [4.78, 5) is 11.1. The minimum Gasteiger partial charge on any atom is -0.478 e. The van der Waals surface area contributed by atoms with Gasteiger partial charge in [-0.05, 0) is 46.9 Å². The Hall–Kier alpha value is -2.21. The second-order valence-corrected chi connectivity index (χ2v) is 4.66. The van der Waals surface area contributed by atoms with Crippen molar-refractivity contribution in [2.75, 3.05) is 0 Å². The smallest absolute Gasteiger partial charge is 0.339 e. The van der Waals surface area contributed by atoms with Crippen molar-refractivity contribution in [2.45, 2.75) is 0 Å². The lowest BCUT2D eigenvalue weighted by Gasteiger charge is -2.08. The highest BCUT2D eigenvalue weighted by Gasteiger charge is 2.15. The SMILES string of the molecule is N#Cc1ccnnc1Oc1ccc(I)cc1C(=O)O. The van der Waals surface area contributed by atoms with Crippen LogP contribution in [-0.2, 0) is 0 Å². The first-order chi connectivity index (χ1) is 9.11. The fourth-order valence-corrected chi connectivity index (χ4v) is 1.83. The zero-order valence-electron chi connectivity index (χ0n) is 9.37. The van der Waals surface area contributed by atoms with E-state index in [0.29, 0.717) is 0 Å². The zero-order chi connectivity index (χ0) is 13.8. The van der Waals surface area contributed by atoms with Crippen molar-refractivity contribution in [1.29, 1.82) is 5.26 Å². The van der Waals surface area contributed by atoms with Crippen LogP contribution in [0.4, 0.5) is 0 Å². The molecule has 0 radical (unpaired) electrons. The minimum atomic E-state index is -1.11. The molecule has 19 heavy (non-hydrogen) atoms. The molecule has 0 amide bonds. The number of aromatic carboxylic acids is 1. The Morgan fingerprint density at radius 2 is 2.21 bits per heavy atom. The lowest BCUT2D eigenvalue weighted by molar-refractivity contribution is 0.0694. The second kappa shape index (κ2) is 5.62. The fraction of sp³-hybridized carbons (Fsp3) is 0. The zero-order valence-corrected chi connectivity index (χ0v) is 11.5. The molecule has 0 aliphatic rings. The van der Waals surface area contributed by atoms with Crippen LogP contribution in [0.25, 0.3) is 0 Å². The Morgan fingerprint density at radius 3 is 2.89 bits per heavy atom. The molecule has 0 aliphatic carbocycles. The van der Waals surface area contributed by atoms with E-state index in [4.69, 9.17) is 15.1 Å². The average molecular weight is 367 g/mol. The maximum atomic E-state index is 11.1. The third kappa shape index (κ3) is 2.97. The molecule has 1 heterocycles. The van der Waals surface area contributed by atoms with E-state index in [1.165, 1.54) is 24.4 Å². The standard InChI is InChI=1S/C12H6IN3O3/c13-8-1-2-10(9(5-8)12(17)18)19-11-7(6-14)3-4-15-16-11/h1-5H,(H,17,18). The van der Waals surface area contributed by atoms with Crippen LogP contribution in [0.3, 0.4) is 0 Å². The molecule has 2 rings (SSSR count). The molecule has 0 aliphatic heterocycles. The normalized spacial score (nSPS) is 9.68. The van der Waals surface area contributed by atoms with E-state index in [0.717, 1.165) is 3.57 Å². The highest BCUT2D eigenvalue weighted by atomic mass is 127. The summed E-state index contributed by atoms with van der Waals surface area (Å²) in [6.45, 7) is 0. The molecule has 7 heteroatoms. The molecule has 1 aromatic heterocycles. The average Bonchev–Trinajstić information content (AvgIpc) is 2.41. The fourth-order valence-electron chi connectivity index (χ4n) is 1.34. The number of carboxylic acids is 1. The van der Waals surface area contributed by atoms with Crippen molar-refractivity contribution in [3.63, 3.8) is 0 Å². The summed E-state index contributed by atoms with van der Waals surface area (Å²) in [6, 6.07) is 8.03. The van der Waals surface area contributed by atoms with Gasteiger partial charge in [-0.25, -0.2) is 4.79 Å². The highest BCUT2D eigenvalue weighted by molar-refractivity contribution is 14.1. The van der Waals surface area contributed by atoms with Gasteiger partial charge in [0.2, 0.25) is 0 Å². The van der Waals surface area contributed by atoms with Crippen molar-refractivity contribution in [3.05, 3.63) is 45.2 Å². The molecule has 94 valence electrons. The van der Waals surface area contributed by atoms with E-state index in [2.05, 4.69) is 10.2 Å². The van der Waals surface area contributed by atoms with Crippen LogP contribution in [0, 0.1) is 14.9 Å². The second-order valence-electron chi connectivity index (χ2n) is 3.41. The summed E-state index contributed by atoms with van der Waals surface area (Å²) in [5, 5.41) is 25.3. The first-order valence-corrected chi connectivity index (χ1v) is 6.12. The number of halogens is 1. The Bertz CT molecular complexity index is 682. The first kappa shape index (κ1) is 13.2. The lowest BCUT2D eigenvalue weighted by atomic mass is 10.2. The minimum absolute atomic E-state index is 0.00134. The molecule has 0 unspecified atom stereocenters. The molecule has 0 bridgehead atoms. The van der Waals surface area contributed by atoms with Crippen molar-refractivity contribution in [3.8, 4) is 17.7 Å². The van der Waals surface area contributed by atoms with Gasteiger partial charge in [0.1, 0.15) is 22.9 Å². The lowest BCUT2D eigenvalue weighted by Crippen LogP contribution is -2.02. The molecule has 6 nitrogen and oxygen atoms in total. The van der Waals surface area contributed by atoms with E-state index in [-0.39, 0.29) is 22.8 Å². The van der Waals surface area contributed by atoms with Gasteiger partial charge in [-0.2, -0.15) is 10.4 Å². The number of carboxylic acid groups (broad SMARTS) is 1. The Balaban J connectivity index is 2.44. The third-order valence-electron chi connectivity index (χ3n) is 2.19. The van der Waals surface area contributed by atoms with E-state index in [9.17, 15) is 4.79 Å². The molecule has 1 N–H and O–H groups in total.